The Balaban J connectivity index is 1.80. The highest BCUT2D eigenvalue weighted by Crippen LogP contribution is 2.24. The fourth-order valence-corrected chi connectivity index (χ4v) is 3.90. The molecule has 3 aromatic carbocycles. The minimum Gasteiger partial charge on any atom is -0.322 e. The maximum absolute atomic E-state index is 13.5. The van der Waals surface area contributed by atoms with Gasteiger partial charge < -0.3 is 9.88 Å². The Morgan fingerprint density at radius 2 is 1.63 bits per heavy atom. The molecule has 4 aromatic rings. The van der Waals surface area contributed by atoms with Crippen molar-refractivity contribution in [3.8, 4) is 0 Å². The zero-order valence-corrected chi connectivity index (χ0v) is 18.4. The number of hydrogen-bond acceptors (Lipinski definition) is 2. The van der Waals surface area contributed by atoms with E-state index in [4.69, 9.17) is 0 Å². The number of aromatic nitrogens is 1. The maximum Gasteiger partial charge on any atom is 0.259 e. The highest BCUT2D eigenvalue weighted by Gasteiger charge is 2.21. The number of nitrogens with one attached hydrogen (secondary N) is 1. The molecule has 5 heteroatoms. The van der Waals surface area contributed by atoms with Crippen LogP contribution >= 0.6 is 15.9 Å². The van der Waals surface area contributed by atoms with Gasteiger partial charge in [-0.05, 0) is 77.6 Å². The third-order valence-corrected chi connectivity index (χ3v) is 5.79. The Bertz CT molecular complexity index is 1290. The molecule has 0 aliphatic heterocycles. The lowest BCUT2D eigenvalue weighted by Gasteiger charge is -2.24. The van der Waals surface area contributed by atoms with Crippen molar-refractivity contribution in [1.82, 2.24) is 4.98 Å². The standard InChI is InChI=1S/C25H21BrN2O2/c1-16-7-10-20(11-8-16)28(25(30)21-5-3-4-6-22(21)26)15-19-14-18-13-17(2)9-12-23(18)27-24(19)29/h3-14H,15H2,1-2H3,(H,27,29). The van der Waals surface area contributed by atoms with E-state index >= 15 is 0 Å². The van der Waals surface area contributed by atoms with E-state index in [1.54, 1.807) is 11.0 Å². The molecule has 1 heterocycles. The van der Waals surface area contributed by atoms with Gasteiger partial charge in [-0.15, -0.1) is 0 Å². The lowest BCUT2D eigenvalue weighted by Crippen LogP contribution is -2.33. The van der Waals surface area contributed by atoms with Crippen molar-refractivity contribution in [2.24, 2.45) is 0 Å². The third-order valence-electron chi connectivity index (χ3n) is 5.10. The van der Waals surface area contributed by atoms with E-state index in [0.29, 0.717) is 11.1 Å². The highest BCUT2D eigenvalue weighted by molar-refractivity contribution is 9.10. The van der Waals surface area contributed by atoms with Crippen molar-refractivity contribution in [3.05, 3.63) is 110 Å². The molecule has 4 rings (SSSR count). The van der Waals surface area contributed by atoms with Crippen molar-refractivity contribution in [3.63, 3.8) is 0 Å². The molecule has 0 spiro atoms. The van der Waals surface area contributed by atoms with Crippen molar-refractivity contribution < 1.29 is 4.79 Å². The second-order valence-corrected chi connectivity index (χ2v) is 8.28. The number of H-pyrrole nitrogens is 1. The molecule has 0 aliphatic rings. The molecule has 0 fully saturated rings. The van der Waals surface area contributed by atoms with Gasteiger partial charge in [0.05, 0.1) is 12.1 Å². The molecule has 30 heavy (non-hydrogen) atoms. The summed E-state index contributed by atoms with van der Waals surface area (Å²) in [6.45, 7) is 4.18. The molecular formula is C25H21BrN2O2. The number of carbonyl (C=O) groups excluding carboxylic acids is 1. The van der Waals surface area contributed by atoms with Crippen LogP contribution in [0.5, 0.6) is 0 Å². The van der Waals surface area contributed by atoms with E-state index in [1.165, 1.54) is 0 Å². The van der Waals surface area contributed by atoms with Crippen molar-refractivity contribution in [2.45, 2.75) is 20.4 Å². The molecule has 0 unspecified atom stereocenters. The summed E-state index contributed by atoms with van der Waals surface area (Å²) in [5.74, 6) is -0.171. The molecule has 0 saturated carbocycles. The first kappa shape index (κ1) is 20.1. The van der Waals surface area contributed by atoms with Crippen molar-refractivity contribution in [1.29, 1.82) is 0 Å². The number of aromatic amines is 1. The van der Waals surface area contributed by atoms with Crippen LogP contribution in [0.15, 0.2) is 82.1 Å². The normalized spacial score (nSPS) is 10.9. The topological polar surface area (TPSA) is 53.2 Å². The summed E-state index contributed by atoms with van der Waals surface area (Å²) in [6.07, 6.45) is 0. The summed E-state index contributed by atoms with van der Waals surface area (Å²) < 4.78 is 0.718. The van der Waals surface area contributed by atoms with Crippen LogP contribution < -0.4 is 10.5 Å². The smallest absolute Gasteiger partial charge is 0.259 e. The first-order valence-corrected chi connectivity index (χ1v) is 10.5. The summed E-state index contributed by atoms with van der Waals surface area (Å²) in [5, 5.41) is 0.946. The lowest BCUT2D eigenvalue weighted by molar-refractivity contribution is 0.0984. The van der Waals surface area contributed by atoms with Crippen molar-refractivity contribution >= 4 is 38.4 Å². The molecule has 1 aromatic heterocycles. The number of aryl methyl sites for hydroxylation is 2. The average molecular weight is 461 g/mol. The van der Waals surface area contributed by atoms with Crippen LogP contribution in [-0.2, 0) is 6.54 Å². The number of fused-ring (bicyclic) bond motifs is 1. The number of rotatable bonds is 4. The minimum atomic E-state index is -0.191. The lowest BCUT2D eigenvalue weighted by atomic mass is 10.1. The van der Waals surface area contributed by atoms with E-state index < -0.39 is 0 Å². The largest absolute Gasteiger partial charge is 0.322 e. The zero-order chi connectivity index (χ0) is 21.3. The number of pyridine rings is 1. The van der Waals surface area contributed by atoms with Crippen LogP contribution in [0.4, 0.5) is 5.69 Å². The first-order valence-electron chi connectivity index (χ1n) is 9.68. The van der Waals surface area contributed by atoms with Crippen molar-refractivity contribution in [2.75, 3.05) is 4.90 Å². The van der Waals surface area contributed by atoms with Gasteiger partial charge in [-0.2, -0.15) is 0 Å². The van der Waals surface area contributed by atoms with Gasteiger partial charge in [0.25, 0.3) is 11.5 Å². The second-order valence-electron chi connectivity index (χ2n) is 7.42. The van der Waals surface area contributed by atoms with Gasteiger partial charge in [0.1, 0.15) is 0 Å². The van der Waals surface area contributed by atoms with Crippen LogP contribution in [0.25, 0.3) is 10.9 Å². The predicted molar refractivity (Wildman–Crippen MR) is 125 cm³/mol. The van der Waals surface area contributed by atoms with Crippen LogP contribution in [0.3, 0.4) is 0 Å². The van der Waals surface area contributed by atoms with Gasteiger partial charge >= 0.3 is 0 Å². The van der Waals surface area contributed by atoms with Crippen LogP contribution in [-0.4, -0.2) is 10.9 Å². The molecule has 0 radical (unpaired) electrons. The SMILES string of the molecule is Cc1ccc(N(Cc2cc3cc(C)ccc3[nH]c2=O)C(=O)c2ccccc2Br)cc1. The van der Waals surface area contributed by atoms with Crippen LogP contribution in [0, 0.1) is 13.8 Å². The van der Waals surface area contributed by atoms with Gasteiger partial charge in [0.2, 0.25) is 0 Å². The van der Waals surface area contributed by atoms with E-state index in [1.807, 2.05) is 80.6 Å². The summed E-state index contributed by atoms with van der Waals surface area (Å²) in [7, 11) is 0. The van der Waals surface area contributed by atoms with Gasteiger partial charge in [-0.3, -0.25) is 9.59 Å². The average Bonchev–Trinajstić information content (AvgIpc) is 2.73. The fourth-order valence-electron chi connectivity index (χ4n) is 3.44. The van der Waals surface area contributed by atoms with Crippen LogP contribution in [0.2, 0.25) is 0 Å². The Labute approximate surface area is 183 Å². The molecular weight excluding hydrogens is 440 g/mol. The second kappa shape index (κ2) is 8.28. The van der Waals surface area contributed by atoms with E-state index in [-0.39, 0.29) is 18.0 Å². The number of hydrogen-bond donors (Lipinski definition) is 1. The number of halogens is 1. The van der Waals surface area contributed by atoms with Crippen LogP contribution in [0.1, 0.15) is 27.0 Å². The summed E-state index contributed by atoms with van der Waals surface area (Å²) >= 11 is 3.47. The van der Waals surface area contributed by atoms with Gasteiger partial charge in [-0.1, -0.05) is 41.5 Å². The maximum atomic E-state index is 13.5. The molecule has 1 amide bonds. The number of amides is 1. The molecule has 0 bridgehead atoms. The monoisotopic (exact) mass is 460 g/mol. The molecule has 1 N–H and O–H groups in total. The number of carbonyl (C=O) groups is 1. The number of anilines is 1. The van der Waals surface area contributed by atoms with Gasteiger partial charge in [-0.25, -0.2) is 0 Å². The number of benzene rings is 3. The number of nitrogens with zero attached hydrogens (tertiary/aromatic N) is 1. The summed E-state index contributed by atoms with van der Waals surface area (Å²) in [4.78, 5) is 30.8. The van der Waals surface area contributed by atoms with E-state index in [2.05, 4.69) is 20.9 Å². The van der Waals surface area contributed by atoms with E-state index in [0.717, 1.165) is 32.2 Å². The Morgan fingerprint density at radius 3 is 2.37 bits per heavy atom. The van der Waals surface area contributed by atoms with Gasteiger partial charge in [0, 0.05) is 21.2 Å². The molecule has 150 valence electrons. The third kappa shape index (κ3) is 4.07. The Hall–Kier alpha value is -3.18. The molecule has 4 nitrogen and oxygen atoms in total. The molecule has 0 atom stereocenters. The Kier molecular flexibility index (Phi) is 5.55. The summed E-state index contributed by atoms with van der Waals surface area (Å²) in [6, 6.07) is 22.8. The summed E-state index contributed by atoms with van der Waals surface area (Å²) in [5.41, 5.74) is 4.63. The first-order chi connectivity index (χ1) is 14.4. The minimum absolute atomic E-state index is 0.169. The molecule has 0 aliphatic carbocycles. The predicted octanol–water partition coefficient (Wildman–Crippen LogP) is 5.75. The van der Waals surface area contributed by atoms with E-state index in [9.17, 15) is 9.59 Å². The fraction of sp³-hybridized carbons (Fsp3) is 0.120. The zero-order valence-electron chi connectivity index (χ0n) is 16.8. The molecule has 0 saturated heterocycles. The quantitative estimate of drug-likeness (QED) is 0.421. The Morgan fingerprint density at radius 1 is 0.933 bits per heavy atom. The van der Waals surface area contributed by atoms with Gasteiger partial charge in [0.15, 0.2) is 0 Å². The highest BCUT2D eigenvalue weighted by atomic mass is 79.9.